The first-order valence-corrected chi connectivity index (χ1v) is 4.69. The molecule has 0 aliphatic heterocycles. The molecule has 1 rings (SSSR count). The number of rotatable bonds is 4. The van der Waals surface area contributed by atoms with E-state index in [0.29, 0.717) is 6.42 Å². The van der Waals surface area contributed by atoms with Gasteiger partial charge in [-0.3, -0.25) is 9.63 Å². The van der Waals surface area contributed by atoms with Gasteiger partial charge in [-0.2, -0.15) is 0 Å². The zero-order valence-electron chi connectivity index (χ0n) is 8.88. The Balaban J connectivity index is 2.56. The molecule has 0 spiro atoms. The summed E-state index contributed by atoms with van der Waals surface area (Å²) in [6.07, 6.45) is -0.759. The van der Waals surface area contributed by atoms with Crippen LogP contribution in [0.4, 0.5) is 0 Å². The van der Waals surface area contributed by atoms with Crippen molar-refractivity contribution in [1.29, 1.82) is 0 Å². The van der Waals surface area contributed by atoms with Crippen LogP contribution in [0.25, 0.3) is 0 Å². The lowest BCUT2D eigenvalue weighted by atomic mass is 10.1. The molecule has 0 heterocycles. The number of carbonyl (C=O) groups is 1. The second kappa shape index (κ2) is 5.48. The number of hydrogen-bond donors (Lipinski definition) is 1. The zero-order valence-corrected chi connectivity index (χ0v) is 8.88. The van der Waals surface area contributed by atoms with Crippen molar-refractivity contribution >= 4 is 5.91 Å². The highest BCUT2D eigenvalue weighted by Gasteiger charge is 2.19. The highest BCUT2D eigenvalue weighted by molar-refractivity contribution is 5.79. The summed E-state index contributed by atoms with van der Waals surface area (Å²) in [6, 6.07) is 9.35. The standard InChI is InChI=1S/C11H15NO3/c1-12(15-2)11(14)10(13)8-9-6-4-3-5-7-9/h3-7,10,13H,8H2,1-2H3/t10-/m0/s1. The van der Waals surface area contributed by atoms with E-state index in [1.807, 2.05) is 30.3 Å². The fourth-order valence-corrected chi connectivity index (χ4v) is 1.22. The zero-order chi connectivity index (χ0) is 11.3. The average Bonchev–Trinajstić information content (AvgIpc) is 2.28. The van der Waals surface area contributed by atoms with E-state index >= 15 is 0 Å². The third-order valence-corrected chi connectivity index (χ3v) is 2.14. The minimum Gasteiger partial charge on any atom is -0.383 e. The number of nitrogens with zero attached hydrogens (tertiary/aromatic N) is 1. The molecule has 0 radical (unpaired) electrons. The third kappa shape index (κ3) is 3.34. The van der Waals surface area contributed by atoms with Gasteiger partial charge in [0.1, 0.15) is 6.10 Å². The van der Waals surface area contributed by atoms with Crippen molar-refractivity contribution in [3.05, 3.63) is 35.9 Å². The SMILES string of the molecule is CON(C)C(=O)[C@@H](O)Cc1ccccc1. The molecule has 0 fully saturated rings. The molecule has 0 aromatic heterocycles. The van der Waals surface area contributed by atoms with Gasteiger partial charge < -0.3 is 5.11 Å². The van der Waals surface area contributed by atoms with Crippen molar-refractivity contribution in [2.24, 2.45) is 0 Å². The molecule has 15 heavy (non-hydrogen) atoms. The monoisotopic (exact) mass is 209 g/mol. The van der Waals surface area contributed by atoms with Gasteiger partial charge in [-0.05, 0) is 5.56 Å². The van der Waals surface area contributed by atoms with Crippen molar-refractivity contribution in [1.82, 2.24) is 5.06 Å². The Hall–Kier alpha value is -1.39. The number of amides is 1. The topological polar surface area (TPSA) is 49.8 Å². The number of likely N-dealkylation sites (N-methyl/N-ethyl adjacent to an activating group) is 1. The Morgan fingerprint density at radius 2 is 2.07 bits per heavy atom. The Morgan fingerprint density at radius 3 is 2.60 bits per heavy atom. The van der Waals surface area contributed by atoms with Crippen molar-refractivity contribution in [2.45, 2.75) is 12.5 Å². The number of carbonyl (C=O) groups excluding carboxylic acids is 1. The highest BCUT2D eigenvalue weighted by atomic mass is 16.7. The minimum absolute atomic E-state index is 0.299. The minimum atomic E-state index is -1.06. The van der Waals surface area contributed by atoms with Crippen LogP contribution in [0, 0.1) is 0 Å². The summed E-state index contributed by atoms with van der Waals surface area (Å²) in [5.41, 5.74) is 0.919. The summed E-state index contributed by atoms with van der Waals surface area (Å²) < 4.78 is 0. The van der Waals surface area contributed by atoms with E-state index in [4.69, 9.17) is 4.84 Å². The molecule has 1 N–H and O–H groups in total. The largest absolute Gasteiger partial charge is 0.383 e. The van der Waals surface area contributed by atoms with Crippen LogP contribution in [0.1, 0.15) is 5.56 Å². The first-order valence-electron chi connectivity index (χ1n) is 4.69. The lowest BCUT2D eigenvalue weighted by Gasteiger charge is -2.17. The second-order valence-corrected chi connectivity index (χ2v) is 3.22. The van der Waals surface area contributed by atoms with Crippen LogP contribution in [-0.2, 0) is 16.1 Å². The smallest absolute Gasteiger partial charge is 0.274 e. The molecule has 1 aromatic rings. The molecule has 0 saturated heterocycles. The first-order chi connectivity index (χ1) is 7.15. The molecule has 4 heteroatoms. The van der Waals surface area contributed by atoms with Crippen LogP contribution in [0.5, 0.6) is 0 Å². The van der Waals surface area contributed by atoms with Gasteiger partial charge in [0.05, 0.1) is 7.11 Å². The average molecular weight is 209 g/mol. The van der Waals surface area contributed by atoms with Crippen LogP contribution in [0.2, 0.25) is 0 Å². The molecule has 4 nitrogen and oxygen atoms in total. The molecule has 0 aliphatic rings. The lowest BCUT2D eigenvalue weighted by Crippen LogP contribution is -2.36. The maximum Gasteiger partial charge on any atom is 0.274 e. The number of hydrogen-bond acceptors (Lipinski definition) is 3. The summed E-state index contributed by atoms with van der Waals surface area (Å²) >= 11 is 0. The van der Waals surface area contributed by atoms with E-state index in [1.54, 1.807) is 0 Å². The van der Waals surface area contributed by atoms with Crippen LogP contribution in [0.15, 0.2) is 30.3 Å². The number of benzene rings is 1. The molecule has 1 atom stereocenters. The summed E-state index contributed by atoms with van der Waals surface area (Å²) in [5, 5.41) is 10.6. The first kappa shape index (κ1) is 11.7. The van der Waals surface area contributed by atoms with E-state index in [0.717, 1.165) is 10.6 Å². The molecule has 0 bridgehead atoms. The molecule has 1 aromatic carbocycles. The van der Waals surface area contributed by atoms with E-state index in [-0.39, 0.29) is 0 Å². The predicted molar refractivity (Wildman–Crippen MR) is 55.9 cm³/mol. The normalized spacial score (nSPS) is 12.2. The maximum absolute atomic E-state index is 11.4. The number of hydroxylamine groups is 2. The molecular formula is C11H15NO3. The van der Waals surface area contributed by atoms with Crippen LogP contribution in [-0.4, -0.2) is 36.3 Å². The van der Waals surface area contributed by atoms with Crippen LogP contribution in [0.3, 0.4) is 0 Å². The number of aliphatic hydroxyl groups is 1. The third-order valence-electron chi connectivity index (χ3n) is 2.14. The summed E-state index contributed by atoms with van der Waals surface area (Å²) in [6.45, 7) is 0. The van der Waals surface area contributed by atoms with Crippen LogP contribution >= 0.6 is 0 Å². The van der Waals surface area contributed by atoms with Gasteiger partial charge in [0.2, 0.25) is 0 Å². The van der Waals surface area contributed by atoms with Gasteiger partial charge in [0.25, 0.3) is 5.91 Å². The van der Waals surface area contributed by atoms with Crippen molar-refractivity contribution in [2.75, 3.05) is 14.2 Å². The molecule has 0 saturated carbocycles. The molecule has 0 unspecified atom stereocenters. The summed E-state index contributed by atoms with van der Waals surface area (Å²) in [5.74, 6) is -0.443. The lowest BCUT2D eigenvalue weighted by molar-refractivity contribution is -0.177. The van der Waals surface area contributed by atoms with Gasteiger partial charge in [0, 0.05) is 13.5 Å². The molecule has 0 aliphatic carbocycles. The van der Waals surface area contributed by atoms with E-state index < -0.39 is 12.0 Å². The predicted octanol–water partition coefficient (Wildman–Crippen LogP) is 0.610. The summed E-state index contributed by atoms with van der Waals surface area (Å²) in [7, 11) is 2.85. The Kier molecular flexibility index (Phi) is 4.27. The molecule has 1 amide bonds. The second-order valence-electron chi connectivity index (χ2n) is 3.22. The molecular weight excluding hydrogens is 194 g/mol. The van der Waals surface area contributed by atoms with Gasteiger partial charge in [-0.25, -0.2) is 5.06 Å². The maximum atomic E-state index is 11.4. The fourth-order valence-electron chi connectivity index (χ4n) is 1.22. The highest BCUT2D eigenvalue weighted by Crippen LogP contribution is 2.04. The number of aliphatic hydroxyl groups excluding tert-OH is 1. The quantitative estimate of drug-likeness (QED) is 0.739. The Labute approximate surface area is 89.0 Å². The fraction of sp³-hybridized carbons (Fsp3) is 0.364. The van der Waals surface area contributed by atoms with Crippen molar-refractivity contribution in [3.63, 3.8) is 0 Å². The van der Waals surface area contributed by atoms with Gasteiger partial charge in [-0.1, -0.05) is 30.3 Å². The Morgan fingerprint density at radius 1 is 1.47 bits per heavy atom. The van der Waals surface area contributed by atoms with Gasteiger partial charge >= 0.3 is 0 Å². The van der Waals surface area contributed by atoms with E-state index in [2.05, 4.69) is 0 Å². The van der Waals surface area contributed by atoms with Crippen LogP contribution < -0.4 is 0 Å². The van der Waals surface area contributed by atoms with E-state index in [9.17, 15) is 9.90 Å². The van der Waals surface area contributed by atoms with Gasteiger partial charge in [-0.15, -0.1) is 0 Å². The van der Waals surface area contributed by atoms with Crippen molar-refractivity contribution in [3.8, 4) is 0 Å². The summed E-state index contributed by atoms with van der Waals surface area (Å²) in [4.78, 5) is 16.1. The Bertz CT molecular complexity index is 313. The van der Waals surface area contributed by atoms with Crippen molar-refractivity contribution < 1.29 is 14.7 Å². The molecule has 82 valence electrons. The van der Waals surface area contributed by atoms with E-state index in [1.165, 1.54) is 14.2 Å². The van der Waals surface area contributed by atoms with Gasteiger partial charge in [0.15, 0.2) is 0 Å².